The standard InChI is InChI=1S/C27H25F3N2/c28-27(29,30)22-12-10-19(11-13-22)20-14-16-32(17-15-20)18-24-23-8-4-5-9-25(23)31-26(24)21-6-2-1-3-7-21/h1-13,20,31H,14-18H2. The molecule has 1 aliphatic rings. The number of H-pyrrole nitrogens is 1. The number of aromatic amines is 1. The van der Waals surface area contributed by atoms with E-state index < -0.39 is 11.7 Å². The van der Waals surface area contributed by atoms with E-state index in [1.54, 1.807) is 12.1 Å². The Kier molecular flexibility index (Phi) is 5.51. The van der Waals surface area contributed by atoms with E-state index in [0.29, 0.717) is 5.92 Å². The van der Waals surface area contributed by atoms with Crippen molar-refractivity contribution >= 4 is 10.9 Å². The lowest BCUT2D eigenvalue weighted by Crippen LogP contribution is -2.32. The van der Waals surface area contributed by atoms with Crippen molar-refractivity contribution in [3.63, 3.8) is 0 Å². The Hall–Kier alpha value is -3.05. The summed E-state index contributed by atoms with van der Waals surface area (Å²) in [5, 5.41) is 1.25. The van der Waals surface area contributed by atoms with Crippen LogP contribution in [0.3, 0.4) is 0 Å². The Morgan fingerprint density at radius 1 is 0.812 bits per heavy atom. The largest absolute Gasteiger partial charge is 0.416 e. The van der Waals surface area contributed by atoms with Crippen LogP contribution in [0.15, 0.2) is 78.9 Å². The van der Waals surface area contributed by atoms with E-state index in [-0.39, 0.29) is 0 Å². The Labute approximate surface area is 185 Å². The number of alkyl halides is 3. The van der Waals surface area contributed by atoms with Gasteiger partial charge >= 0.3 is 6.18 Å². The van der Waals surface area contributed by atoms with E-state index in [1.165, 1.54) is 28.6 Å². The van der Waals surface area contributed by atoms with E-state index in [2.05, 4.69) is 52.3 Å². The van der Waals surface area contributed by atoms with Gasteiger partial charge in [-0.05, 0) is 66.7 Å². The van der Waals surface area contributed by atoms with Crippen molar-refractivity contribution in [2.24, 2.45) is 0 Å². The Bertz CT molecular complexity index is 1190. The van der Waals surface area contributed by atoms with Crippen molar-refractivity contribution in [1.29, 1.82) is 0 Å². The number of halogens is 3. The van der Waals surface area contributed by atoms with Crippen LogP contribution in [0.25, 0.3) is 22.2 Å². The first kappa shape index (κ1) is 20.8. The molecule has 1 N–H and O–H groups in total. The van der Waals surface area contributed by atoms with Crippen molar-refractivity contribution in [2.75, 3.05) is 13.1 Å². The second-order valence-electron chi connectivity index (χ2n) is 8.56. The predicted molar refractivity (Wildman–Crippen MR) is 122 cm³/mol. The molecule has 32 heavy (non-hydrogen) atoms. The summed E-state index contributed by atoms with van der Waals surface area (Å²) in [7, 11) is 0. The van der Waals surface area contributed by atoms with E-state index in [9.17, 15) is 13.2 Å². The smallest absolute Gasteiger partial charge is 0.354 e. The number of nitrogens with one attached hydrogen (secondary N) is 1. The average molecular weight is 435 g/mol. The molecule has 0 unspecified atom stereocenters. The molecule has 2 heterocycles. The van der Waals surface area contributed by atoms with E-state index in [1.807, 2.05) is 12.1 Å². The van der Waals surface area contributed by atoms with E-state index in [4.69, 9.17) is 0 Å². The van der Waals surface area contributed by atoms with Crippen molar-refractivity contribution in [3.8, 4) is 11.3 Å². The van der Waals surface area contributed by atoms with Crippen molar-refractivity contribution in [2.45, 2.75) is 31.5 Å². The molecule has 1 aromatic heterocycles. The molecule has 0 radical (unpaired) electrons. The van der Waals surface area contributed by atoms with Gasteiger partial charge in [0.1, 0.15) is 0 Å². The molecule has 0 amide bonds. The SMILES string of the molecule is FC(F)(F)c1ccc(C2CCN(Cc3c(-c4ccccc4)[nH]c4ccccc34)CC2)cc1. The van der Waals surface area contributed by atoms with Crippen LogP contribution < -0.4 is 0 Å². The minimum Gasteiger partial charge on any atom is -0.354 e. The maximum absolute atomic E-state index is 12.9. The summed E-state index contributed by atoms with van der Waals surface area (Å²) < 4.78 is 38.6. The molecule has 2 nitrogen and oxygen atoms in total. The van der Waals surface area contributed by atoms with Crippen LogP contribution in [0.1, 0.15) is 35.4 Å². The fourth-order valence-corrected chi connectivity index (χ4v) is 4.81. The molecular weight excluding hydrogens is 409 g/mol. The normalized spacial score (nSPS) is 16.0. The third-order valence-corrected chi connectivity index (χ3v) is 6.55. The number of rotatable bonds is 4. The zero-order chi connectivity index (χ0) is 22.1. The number of likely N-dealkylation sites (tertiary alicyclic amines) is 1. The monoisotopic (exact) mass is 434 g/mol. The lowest BCUT2D eigenvalue weighted by Gasteiger charge is -2.32. The van der Waals surface area contributed by atoms with E-state index in [0.717, 1.165) is 49.2 Å². The molecule has 0 saturated carbocycles. The van der Waals surface area contributed by atoms with Crippen LogP contribution in [0, 0.1) is 0 Å². The molecule has 4 aromatic rings. The molecule has 1 fully saturated rings. The second kappa shape index (κ2) is 8.47. The maximum Gasteiger partial charge on any atom is 0.416 e. The van der Waals surface area contributed by atoms with E-state index >= 15 is 0 Å². The summed E-state index contributed by atoms with van der Waals surface area (Å²) in [6, 6.07) is 24.5. The average Bonchev–Trinajstić information content (AvgIpc) is 3.18. The van der Waals surface area contributed by atoms with Gasteiger partial charge in [-0.3, -0.25) is 4.90 Å². The first-order chi connectivity index (χ1) is 15.5. The van der Waals surface area contributed by atoms with Gasteiger partial charge in [-0.2, -0.15) is 13.2 Å². The number of aromatic nitrogens is 1. The van der Waals surface area contributed by atoms with Gasteiger partial charge in [0.05, 0.1) is 11.3 Å². The zero-order valence-corrected chi connectivity index (χ0v) is 17.7. The Balaban J connectivity index is 1.32. The van der Waals surface area contributed by atoms with Gasteiger partial charge in [0.25, 0.3) is 0 Å². The van der Waals surface area contributed by atoms with Crippen LogP contribution in [-0.4, -0.2) is 23.0 Å². The molecule has 3 aromatic carbocycles. The summed E-state index contributed by atoms with van der Waals surface area (Å²) in [5.74, 6) is 0.310. The molecule has 0 aliphatic carbocycles. The number of benzene rings is 3. The molecule has 1 aliphatic heterocycles. The number of piperidine rings is 1. The van der Waals surface area contributed by atoms with Gasteiger partial charge in [0.2, 0.25) is 0 Å². The highest BCUT2D eigenvalue weighted by Crippen LogP contribution is 2.35. The first-order valence-corrected chi connectivity index (χ1v) is 11.0. The quantitative estimate of drug-likeness (QED) is 0.359. The van der Waals surface area contributed by atoms with Gasteiger partial charge in [-0.25, -0.2) is 0 Å². The minimum absolute atomic E-state index is 0.310. The number of nitrogens with zero attached hydrogens (tertiary/aromatic N) is 1. The summed E-state index contributed by atoms with van der Waals surface area (Å²) in [4.78, 5) is 6.06. The fraction of sp³-hybridized carbons (Fsp3) is 0.259. The van der Waals surface area contributed by atoms with Crippen LogP contribution in [0.2, 0.25) is 0 Å². The fourth-order valence-electron chi connectivity index (χ4n) is 4.81. The summed E-state index contributed by atoms with van der Waals surface area (Å²) in [6.07, 6.45) is -2.37. The highest BCUT2D eigenvalue weighted by Gasteiger charge is 2.30. The Morgan fingerprint density at radius 2 is 1.47 bits per heavy atom. The van der Waals surface area contributed by atoms with Crippen molar-refractivity contribution in [3.05, 3.63) is 95.6 Å². The van der Waals surface area contributed by atoms with Crippen molar-refractivity contribution in [1.82, 2.24) is 9.88 Å². The van der Waals surface area contributed by atoms with Gasteiger partial charge < -0.3 is 4.98 Å². The lowest BCUT2D eigenvalue weighted by molar-refractivity contribution is -0.137. The molecule has 5 heteroatoms. The minimum atomic E-state index is -4.28. The molecule has 0 atom stereocenters. The molecule has 5 rings (SSSR count). The first-order valence-electron chi connectivity index (χ1n) is 11.0. The lowest BCUT2D eigenvalue weighted by atomic mass is 9.88. The van der Waals surface area contributed by atoms with Gasteiger partial charge in [0, 0.05) is 17.4 Å². The summed E-state index contributed by atoms with van der Waals surface area (Å²) in [5.41, 5.74) is 5.22. The van der Waals surface area contributed by atoms with Crippen LogP contribution >= 0.6 is 0 Å². The Morgan fingerprint density at radius 3 is 2.16 bits per heavy atom. The number of fused-ring (bicyclic) bond motifs is 1. The summed E-state index contributed by atoms with van der Waals surface area (Å²) in [6.45, 7) is 2.72. The summed E-state index contributed by atoms with van der Waals surface area (Å²) >= 11 is 0. The molecule has 164 valence electrons. The van der Waals surface area contributed by atoms with Crippen LogP contribution in [0.4, 0.5) is 13.2 Å². The van der Waals surface area contributed by atoms with Gasteiger partial charge in [-0.15, -0.1) is 0 Å². The zero-order valence-electron chi connectivity index (χ0n) is 17.7. The maximum atomic E-state index is 12.9. The van der Waals surface area contributed by atoms with Gasteiger partial charge in [-0.1, -0.05) is 60.7 Å². The predicted octanol–water partition coefficient (Wildman–Crippen LogP) is 7.23. The molecular formula is C27H25F3N2. The van der Waals surface area contributed by atoms with Gasteiger partial charge in [0.15, 0.2) is 0 Å². The number of hydrogen-bond donors (Lipinski definition) is 1. The van der Waals surface area contributed by atoms with Crippen LogP contribution in [0.5, 0.6) is 0 Å². The third kappa shape index (κ3) is 4.17. The highest BCUT2D eigenvalue weighted by atomic mass is 19.4. The number of hydrogen-bond acceptors (Lipinski definition) is 1. The third-order valence-electron chi connectivity index (χ3n) is 6.55. The number of para-hydroxylation sites is 1. The molecule has 1 saturated heterocycles. The molecule has 0 spiro atoms. The topological polar surface area (TPSA) is 19.0 Å². The van der Waals surface area contributed by atoms with Crippen molar-refractivity contribution < 1.29 is 13.2 Å². The van der Waals surface area contributed by atoms with Crippen LogP contribution in [-0.2, 0) is 12.7 Å². The highest BCUT2D eigenvalue weighted by molar-refractivity contribution is 5.90. The second-order valence-corrected chi connectivity index (χ2v) is 8.56. The molecule has 0 bridgehead atoms.